The van der Waals surface area contributed by atoms with E-state index in [0.29, 0.717) is 17.2 Å². The van der Waals surface area contributed by atoms with Gasteiger partial charge in [0, 0.05) is 5.56 Å². The highest BCUT2D eigenvalue weighted by Gasteiger charge is 2.11. The van der Waals surface area contributed by atoms with Gasteiger partial charge in [0.1, 0.15) is 18.0 Å². The number of ether oxygens (including phenoxy) is 2. The third kappa shape index (κ3) is 2.56. The third-order valence-corrected chi connectivity index (χ3v) is 2.21. The molecule has 0 fully saturated rings. The molecule has 0 aliphatic carbocycles. The molecule has 0 aliphatic rings. The maximum Gasteiger partial charge on any atom is 0.322 e. The summed E-state index contributed by atoms with van der Waals surface area (Å²) in [6.45, 7) is 1.70. The number of rotatable bonds is 5. The Morgan fingerprint density at radius 3 is 2.56 bits per heavy atom. The molecular weight excluding hydrogens is 210 g/mol. The van der Waals surface area contributed by atoms with E-state index in [1.165, 1.54) is 7.11 Å². The summed E-state index contributed by atoms with van der Waals surface area (Å²) >= 11 is 0. The molecule has 0 heterocycles. The van der Waals surface area contributed by atoms with Crippen molar-refractivity contribution in [2.45, 2.75) is 6.92 Å². The molecule has 16 heavy (non-hydrogen) atoms. The van der Waals surface area contributed by atoms with Gasteiger partial charge in [0.2, 0.25) is 0 Å². The van der Waals surface area contributed by atoms with Gasteiger partial charge in [-0.25, -0.2) is 0 Å². The maximum atomic E-state index is 10.5. The number of carbonyl (C=O) groups is 1. The predicted octanol–water partition coefficient (Wildman–Crippen LogP) is 1.51. The van der Waals surface area contributed by atoms with Crippen molar-refractivity contribution < 1.29 is 19.4 Å². The molecule has 5 heteroatoms. The smallest absolute Gasteiger partial charge is 0.322 e. The highest BCUT2D eigenvalue weighted by molar-refractivity contribution is 5.75. The summed E-state index contributed by atoms with van der Waals surface area (Å²) < 4.78 is 10.4. The minimum atomic E-state index is -0.921. The molecule has 0 saturated carbocycles. The van der Waals surface area contributed by atoms with E-state index in [0.717, 1.165) is 5.56 Å². The van der Waals surface area contributed by atoms with Crippen LogP contribution in [0.3, 0.4) is 0 Å². The van der Waals surface area contributed by atoms with Crippen LogP contribution in [-0.2, 0) is 4.79 Å². The summed E-state index contributed by atoms with van der Waals surface area (Å²) in [5, 5.41) is 11.4. The van der Waals surface area contributed by atoms with E-state index in [1.807, 2.05) is 6.92 Å². The molecule has 0 saturated heterocycles. The van der Waals surface area contributed by atoms with Crippen molar-refractivity contribution >= 4 is 11.7 Å². The minimum Gasteiger partial charge on any atom is -0.496 e. The van der Waals surface area contributed by atoms with Crippen LogP contribution < -0.4 is 14.8 Å². The fraction of sp³-hybridized carbons (Fsp3) is 0.364. The summed E-state index contributed by atoms with van der Waals surface area (Å²) in [6, 6.07) is 3.50. The number of anilines is 1. The van der Waals surface area contributed by atoms with Gasteiger partial charge < -0.3 is 19.9 Å². The van der Waals surface area contributed by atoms with Crippen LogP contribution in [0, 0.1) is 6.92 Å². The molecular formula is C11H15NO4. The van der Waals surface area contributed by atoms with E-state index in [1.54, 1.807) is 19.2 Å². The highest BCUT2D eigenvalue weighted by atomic mass is 16.5. The second-order valence-electron chi connectivity index (χ2n) is 3.22. The highest BCUT2D eigenvalue weighted by Crippen LogP contribution is 2.34. The molecule has 5 nitrogen and oxygen atoms in total. The fourth-order valence-electron chi connectivity index (χ4n) is 1.47. The summed E-state index contributed by atoms with van der Waals surface area (Å²) in [6.07, 6.45) is 0. The molecule has 0 atom stereocenters. The first-order chi connectivity index (χ1) is 7.60. The first-order valence-electron chi connectivity index (χ1n) is 4.77. The molecule has 1 rings (SSSR count). The van der Waals surface area contributed by atoms with Crippen molar-refractivity contribution in [2.75, 3.05) is 26.1 Å². The van der Waals surface area contributed by atoms with E-state index in [2.05, 4.69) is 5.32 Å². The number of benzene rings is 1. The van der Waals surface area contributed by atoms with Crippen LogP contribution in [0.2, 0.25) is 0 Å². The van der Waals surface area contributed by atoms with Crippen molar-refractivity contribution in [1.29, 1.82) is 0 Å². The minimum absolute atomic E-state index is 0.151. The lowest BCUT2D eigenvalue weighted by Crippen LogP contribution is -2.13. The van der Waals surface area contributed by atoms with Crippen LogP contribution in [0.5, 0.6) is 11.5 Å². The third-order valence-electron chi connectivity index (χ3n) is 2.21. The molecule has 0 bridgehead atoms. The lowest BCUT2D eigenvalue weighted by molar-refractivity contribution is -0.134. The summed E-state index contributed by atoms with van der Waals surface area (Å²) in [5.74, 6) is 0.383. The Morgan fingerprint density at radius 2 is 2.06 bits per heavy atom. The van der Waals surface area contributed by atoms with E-state index >= 15 is 0 Å². The van der Waals surface area contributed by atoms with Crippen LogP contribution in [0.25, 0.3) is 0 Å². The number of hydrogen-bond acceptors (Lipinski definition) is 4. The number of hydrogen-bond donors (Lipinski definition) is 2. The first-order valence-corrected chi connectivity index (χ1v) is 4.77. The first kappa shape index (κ1) is 12.2. The number of methoxy groups -OCH3 is 2. The Balaban J connectivity index is 3.01. The van der Waals surface area contributed by atoms with Crippen molar-refractivity contribution in [3.8, 4) is 11.5 Å². The molecule has 0 amide bonds. The number of nitrogens with one attached hydrogen (secondary N) is 1. The standard InChI is InChI=1S/C11H15NO4/c1-7-9(15-2)5-4-8(11(7)16-3)12-6-10(13)14/h4-5,12H,6H2,1-3H3,(H,13,14). The molecule has 0 radical (unpaired) electrons. The maximum absolute atomic E-state index is 10.5. The molecule has 1 aromatic carbocycles. The van der Waals surface area contributed by atoms with Gasteiger partial charge in [-0.05, 0) is 19.1 Å². The monoisotopic (exact) mass is 225 g/mol. The largest absolute Gasteiger partial charge is 0.496 e. The lowest BCUT2D eigenvalue weighted by atomic mass is 10.1. The van der Waals surface area contributed by atoms with E-state index in [-0.39, 0.29) is 6.54 Å². The van der Waals surface area contributed by atoms with E-state index < -0.39 is 5.97 Å². The molecule has 88 valence electrons. The zero-order valence-corrected chi connectivity index (χ0v) is 9.53. The Hall–Kier alpha value is -1.91. The Morgan fingerprint density at radius 1 is 1.38 bits per heavy atom. The van der Waals surface area contributed by atoms with Gasteiger partial charge in [-0.3, -0.25) is 4.79 Å². The molecule has 0 unspecified atom stereocenters. The Bertz CT molecular complexity index is 390. The molecule has 1 aromatic rings. The average Bonchev–Trinajstić information content (AvgIpc) is 2.26. The fourth-order valence-corrected chi connectivity index (χ4v) is 1.47. The van der Waals surface area contributed by atoms with Gasteiger partial charge in [-0.15, -0.1) is 0 Å². The van der Waals surface area contributed by atoms with Crippen molar-refractivity contribution in [1.82, 2.24) is 0 Å². The number of carboxylic acids is 1. The van der Waals surface area contributed by atoms with Crippen LogP contribution in [0.15, 0.2) is 12.1 Å². The molecule has 0 aliphatic heterocycles. The van der Waals surface area contributed by atoms with Crippen molar-refractivity contribution in [3.05, 3.63) is 17.7 Å². The normalized spacial score (nSPS) is 9.69. The second-order valence-corrected chi connectivity index (χ2v) is 3.22. The van der Waals surface area contributed by atoms with Crippen molar-refractivity contribution in [2.24, 2.45) is 0 Å². The van der Waals surface area contributed by atoms with Crippen LogP contribution in [0.4, 0.5) is 5.69 Å². The summed E-state index contributed by atoms with van der Waals surface area (Å²) in [7, 11) is 3.11. The SMILES string of the molecule is COc1ccc(NCC(=O)O)c(OC)c1C. The van der Waals surface area contributed by atoms with E-state index in [9.17, 15) is 4.79 Å². The molecule has 2 N–H and O–H groups in total. The van der Waals surface area contributed by atoms with Gasteiger partial charge in [0.05, 0.1) is 19.9 Å². The number of aliphatic carboxylic acids is 1. The van der Waals surface area contributed by atoms with Crippen molar-refractivity contribution in [3.63, 3.8) is 0 Å². The Labute approximate surface area is 94.0 Å². The lowest BCUT2D eigenvalue weighted by Gasteiger charge is -2.14. The van der Waals surface area contributed by atoms with Crippen LogP contribution in [0.1, 0.15) is 5.56 Å². The van der Waals surface area contributed by atoms with Gasteiger partial charge in [-0.2, -0.15) is 0 Å². The predicted molar refractivity (Wildman–Crippen MR) is 60.4 cm³/mol. The summed E-state index contributed by atoms with van der Waals surface area (Å²) in [5.41, 5.74) is 1.48. The van der Waals surface area contributed by atoms with Crippen LogP contribution >= 0.6 is 0 Å². The Kier molecular flexibility index (Phi) is 3.99. The quantitative estimate of drug-likeness (QED) is 0.795. The second kappa shape index (κ2) is 5.25. The molecule has 0 aromatic heterocycles. The average molecular weight is 225 g/mol. The zero-order valence-electron chi connectivity index (χ0n) is 9.53. The topological polar surface area (TPSA) is 67.8 Å². The van der Waals surface area contributed by atoms with E-state index in [4.69, 9.17) is 14.6 Å². The summed E-state index contributed by atoms with van der Waals surface area (Å²) in [4.78, 5) is 10.5. The van der Waals surface area contributed by atoms with Gasteiger partial charge in [0.15, 0.2) is 0 Å². The number of carboxylic acid groups (broad SMARTS) is 1. The van der Waals surface area contributed by atoms with Gasteiger partial charge in [-0.1, -0.05) is 0 Å². The molecule has 0 spiro atoms. The van der Waals surface area contributed by atoms with Gasteiger partial charge >= 0.3 is 5.97 Å². The van der Waals surface area contributed by atoms with Crippen LogP contribution in [-0.4, -0.2) is 31.8 Å². The zero-order chi connectivity index (χ0) is 12.1. The van der Waals surface area contributed by atoms with Gasteiger partial charge in [0.25, 0.3) is 0 Å².